The van der Waals surface area contributed by atoms with E-state index in [0.29, 0.717) is 0 Å². The van der Waals surface area contributed by atoms with E-state index in [1.54, 1.807) is 0 Å². The molecule has 1 heterocycles. The maximum absolute atomic E-state index is 9.54. The molecule has 0 radical (unpaired) electrons. The molecule has 1 N–H and O–H groups in total. The molecule has 2 rings (SSSR count). The van der Waals surface area contributed by atoms with Crippen LogP contribution in [0.5, 0.6) is 0 Å². The van der Waals surface area contributed by atoms with Crippen LogP contribution in [-0.2, 0) is 0 Å². The van der Waals surface area contributed by atoms with Crippen LogP contribution in [-0.4, -0.2) is 29.3 Å². The lowest BCUT2D eigenvalue weighted by atomic mass is 9.88. The zero-order valence-corrected chi connectivity index (χ0v) is 8.64. The molecule has 0 aliphatic heterocycles. The molecular formula is C11H16N2O. The Kier molecular flexibility index (Phi) is 2.42. The Morgan fingerprint density at radius 3 is 2.79 bits per heavy atom. The van der Waals surface area contributed by atoms with Gasteiger partial charge in [0.05, 0.1) is 12.1 Å². The number of aliphatic hydroxyl groups is 1. The summed E-state index contributed by atoms with van der Waals surface area (Å²) in [5.41, 5.74) is 1.20. The summed E-state index contributed by atoms with van der Waals surface area (Å²) in [6.45, 7) is 2.05. The summed E-state index contributed by atoms with van der Waals surface area (Å²) in [4.78, 5) is 6.36. The zero-order valence-electron chi connectivity index (χ0n) is 8.64. The molecule has 0 bridgehead atoms. The van der Waals surface area contributed by atoms with Gasteiger partial charge in [-0.25, -0.2) is 4.98 Å². The van der Waals surface area contributed by atoms with Gasteiger partial charge in [0, 0.05) is 13.2 Å². The van der Waals surface area contributed by atoms with Gasteiger partial charge in [0.25, 0.3) is 0 Å². The molecular weight excluding hydrogens is 176 g/mol. The van der Waals surface area contributed by atoms with Gasteiger partial charge in [-0.1, -0.05) is 0 Å². The van der Waals surface area contributed by atoms with Gasteiger partial charge < -0.3 is 10.0 Å². The van der Waals surface area contributed by atoms with Crippen molar-refractivity contribution in [1.29, 1.82) is 0 Å². The van der Waals surface area contributed by atoms with E-state index in [0.717, 1.165) is 18.7 Å². The molecule has 76 valence electrons. The molecule has 0 saturated heterocycles. The SMILES string of the molecule is Cc1ccnc(N(C)C2CCC2O)c1. The van der Waals surface area contributed by atoms with Crippen molar-refractivity contribution < 1.29 is 5.11 Å². The summed E-state index contributed by atoms with van der Waals surface area (Å²) in [5.74, 6) is 0.953. The molecule has 1 saturated carbocycles. The van der Waals surface area contributed by atoms with E-state index in [4.69, 9.17) is 0 Å². The number of aliphatic hydroxyl groups excluding tert-OH is 1. The van der Waals surface area contributed by atoms with Crippen LogP contribution in [0.25, 0.3) is 0 Å². The van der Waals surface area contributed by atoms with Crippen LogP contribution >= 0.6 is 0 Å². The van der Waals surface area contributed by atoms with E-state index in [1.165, 1.54) is 5.56 Å². The van der Waals surface area contributed by atoms with Crippen molar-refractivity contribution in [3.63, 3.8) is 0 Å². The molecule has 2 unspecified atom stereocenters. The lowest BCUT2D eigenvalue weighted by molar-refractivity contribution is 0.0665. The summed E-state index contributed by atoms with van der Waals surface area (Å²) in [6.07, 6.45) is 3.61. The van der Waals surface area contributed by atoms with Gasteiger partial charge in [0.2, 0.25) is 0 Å². The summed E-state index contributed by atoms with van der Waals surface area (Å²) in [5, 5.41) is 9.54. The van der Waals surface area contributed by atoms with E-state index in [9.17, 15) is 5.11 Å². The van der Waals surface area contributed by atoms with Crippen LogP contribution in [0.1, 0.15) is 18.4 Å². The fourth-order valence-electron chi connectivity index (χ4n) is 1.80. The van der Waals surface area contributed by atoms with Gasteiger partial charge in [0.1, 0.15) is 5.82 Å². The van der Waals surface area contributed by atoms with Crippen LogP contribution in [0, 0.1) is 6.92 Å². The number of pyridine rings is 1. The fourth-order valence-corrected chi connectivity index (χ4v) is 1.80. The number of aryl methyl sites for hydroxylation is 1. The Balaban J connectivity index is 2.14. The molecule has 3 heteroatoms. The third-order valence-corrected chi connectivity index (χ3v) is 2.96. The molecule has 1 aromatic heterocycles. The first-order chi connectivity index (χ1) is 6.68. The predicted octanol–water partition coefficient (Wildman–Crippen LogP) is 1.35. The van der Waals surface area contributed by atoms with Crippen molar-refractivity contribution in [2.24, 2.45) is 0 Å². The third kappa shape index (κ3) is 1.60. The van der Waals surface area contributed by atoms with Gasteiger partial charge >= 0.3 is 0 Å². The molecule has 1 aromatic rings. The largest absolute Gasteiger partial charge is 0.391 e. The number of nitrogens with zero attached hydrogens (tertiary/aromatic N) is 2. The molecule has 1 aliphatic rings. The second kappa shape index (κ2) is 3.58. The van der Waals surface area contributed by atoms with Crippen molar-refractivity contribution in [3.8, 4) is 0 Å². The fraction of sp³-hybridized carbons (Fsp3) is 0.545. The number of likely N-dealkylation sites (N-methyl/N-ethyl adjacent to an activating group) is 1. The molecule has 2 atom stereocenters. The normalized spacial score (nSPS) is 25.6. The minimum absolute atomic E-state index is 0.178. The molecule has 3 nitrogen and oxygen atoms in total. The first-order valence-electron chi connectivity index (χ1n) is 5.02. The van der Waals surface area contributed by atoms with Gasteiger partial charge in [-0.3, -0.25) is 0 Å². The van der Waals surface area contributed by atoms with Gasteiger partial charge in [-0.15, -0.1) is 0 Å². The third-order valence-electron chi connectivity index (χ3n) is 2.96. The Morgan fingerprint density at radius 2 is 2.29 bits per heavy atom. The van der Waals surface area contributed by atoms with Crippen molar-refractivity contribution in [3.05, 3.63) is 23.9 Å². The number of aromatic nitrogens is 1. The number of anilines is 1. The van der Waals surface area contributed by atoms with E-state index >= 15 is 0 Å². The average Bonchev–Trinajstić information content (AvgIpc) is 2.15. The first-order valence-corrected chi connectivity index (χ1v) is 5.02. The Hall–Kier alpha value is -1.09. The van der Waals surface area contributed by atoms with Gasteiger partial charge in [0.15, 0.2) is 0 Å². The van der Waals surface area contributed by atoms with E-state index in [1.807, 2.05) is 25.4 Å². The monoisotopic (exact) mass is 192 g/mol. The van der Waals surface area contributed by atoms with Crippen molar-refractivity contribution in [2.75, 3.05) is 11.9 Å². The summed E-state index contributed by atoms with van der Waals surface area (Å²) >= 11 is 0. The number of hydrogen-bond acceptors (Lipinski definition) is 3. The Labute approximate surface area is 84.4 Å². The smallest absolute Gasteiger partial charge is 0.128 e. The molecule has 0 amide bonds. The standard InChI is InChI=1S/C11H16N2O/c1-8-5-6-12-11(7-8)13(2)9-3-4-10(9)14/h5-7,9-10,14H,3-4H2,1-2H3. The van der Waals surface area contributed by atoms with E-state index in [-0.39, 0.29) is 12.1 Å². The molecule has 14 heavy (non-hydrogen) atoms. The molecule has 1 aliphatic carbocycles. The highest BCUT2D eigenvalue weighted by Crippen LogP contribution is 2.27. The minimum Gasteiger partial charge on any atom is -0.391 e. The van der Waals surface area contributed by atoms with Crippen LogP contribution in [0.4, 0.5) is 5.82 Å². The number of rotatable bonds is 2. The second-order valence-electron chi connectivity index (χ2n) is 4.01. The van der Waals surface area contributed by atoms with Crippen LogP contribution in [0.3, 0.4) is 0 Å². The lowest BCUT2D eigenvalue weighted by Gasteiger charge is -2.40. The maximum atomic E-state index is 9.54. The number of hydrogen-bond donors (Lipinski definition) is 1. The second-order valence-corrected chi connectivity index (χ2v) is 4.01. The van der Waals surface area contributed by atoms with Crippen molar-refractivity contribution in [1.82, 2.24) is 4.98 Å². The average molecular weight is 192 g/mol. The van der Waals surface area contributed by atoms with Crippen LogP contribution in [0.15, 0.2) is 18.3 Å². The van der Waals surface area contributed by atoms with Gasteiger partial charge in [-0.2, -0.15) is 0 Å². The van der Waals surface area contributed by atoms with E-state index in [2.05, 4.69) is 16.8 Å². The Bertz CT molecular complexity index is 327. The van der Waals surface area contributed by atoms with Crippen LogP contribution in [0.2, 0.25) is 0 Å². The predicted molar refractivity (Wildman–Crippen MR) is 56.4 cm³/mol. The molecule has 0 spiro atoms. The Morgan fingerprint density at radius 1 is 1.50 bits per heavy atom. The van der Waals surface area contributed by atoms with Gasteiger partial charge in [-0.05, 0) is 37.5 Å². The highest BCUT2D eigenvalue weighted by Gasteiger charge is 2.32. The highest BCUT2D eigenvalue weighted by molar-refractivity contribution is 5.41. The van der Waals surface area contributed by atoms with Crippen LogP contribution < -0.4 is 4.90 Å². The maximum Gasteiger partial charge on any atom is 0.128 e. The summed E-state index contributed by atoms with van der Waals surface area (Å²) in [7, 11) is 1.99. The minimum atomic E-state index is -0.178. The molecule has 0 aromatic carbocycles. The topological polar surface area (TPSA) is 36.4 Å². The summed E-state index contributed by atoms with van der Waals surface area (Å²) < 4.78 is 0. The van der Waals surface area contributed by atoms with Crippen molar-refractivity contribution in [2.45, 2.75) is 31.9 Å². The highest BCUT2D eigenvalue weighted by atomic mass is 16.3. The lowest BCUT2D eigenvalue weighted by Crippen LogP contribution is -2.49. The quantitative estimate of drug-likeness (QED) is 0.768. The summed E-state index contributed by atoms with van der Waals surface area (Å²) in [6, 6.07) is 4.28. The first kappa shape index (κ1) is 9.46. The zero-order chi connectivity index (χ0) is 10.1. The molecule has 1 fully saturated rings. The van der Waals surface area contributed by atoms with Crippen molar-refractivity contribution >= 4 is 5.82 Å². The van der Waals surface area contributed by atoms with E-state index < -0.39 is 0 Å².